The van der Waals surface area contributed by atoms with E-state index in [-0.39, 0.29) is 6.42 Å². The Morgan fingerprint density at radius 2 is 2.18 bits per heavy atom. The quantitative estimate of drug-likeness (QED) is 0.600. The van der Waals surface area contributed by atoms with Gasteiger partial charge in [0.15, 0.2) is 0 Å². The van der Waals surface area contributed by atoms with E-state index in [2.05, 4.69) is 5.48 Å². The molecule has 0 aliphatic carbocycles. The van der Waals surface area contributed by atoms with Gasteiger partial charge >= 0.3 is 0 Å². The lowest BCUT2D eigenvalue weighted by atomic mass is 10.2. The lowest BCUT2D eigenvalue weighted by Gasteiger charge is -2.18. The minimum atomic E-state index is -0.414. The Kier molecular flexibility index (Phi) is 3.55. The van der Waals surface area contributed by atoms with Crippen LogP contribution in [-0.2, 0) is 9.63 Å². The molecule has 0 spiro atoms. The number of nitrogens with zero attached hydrogens (tertiary/aromatic N) is 1. The Bertz CT molecular complexity index is 176. The van der Waals surface area contributed by atoms with Crippen molar-refractivity contribution in [2.75, 3.05) is 0 Å². The van der Waals surface area contributed by atoms with Gasteiger partial charge in [-0.05, 0) is 20.8 Å². The van der Waals surface area contributed by atoms with Gasteiger partial charge in [-0.3, -0.25) is 9.63 Å². The number of amides is 1. The highest BCUT2D eigenvalue weighted by Gasteiger charge is 2.11. The van der Waals surface area contributed by atoms with E-state index in [1.54, 1.807) is 26.8 Å². The Morgan fingerprint density at radius 3 is 2.55 bits per heavy atom. The first-order chi connectivity index (χ1) is 4.95. The van der Waals surface area contributed by atoms with Crippen molar-refractivity contribution in [3.63, 3.8) is 0 Å². The lowest BCUT2D eigenvalue weighted by molar-refractivity contribution is -0.144. The fourth-order valence-electron chi connectivity index (χ4n) is 0.318. The summed E-state index contributed by atoms with van der Waals surface area (Å²) < 4.78 is 0. The predicted molar refractivity (Wildman–Crippen MR) is 39.2 cm³/mol. The van der Waals surface area contributed by atoms with Crippen LogP contribution in [0.5, 0.6) is 0 Å². The van der Waals surface area contributed by atoms with Crippen molar-refractivity contribution in [2.24, 2.45) is 0 Å². The fourth-order valence-corrected chi connectivity index (χ4v) is 0.318. The van der Waals surface area contributed by atoms with E-state index >= 15 is 0 Å². The average Bonchev–Trinajstić information content (AvgIpc) is 1.83. The number of hydroxylamine groups is 1. The molecule has 4 nitrogen and oxygen atoms in total. The summed E-state index contributed by atoms with van der Waals surface area (Å²) >= 11 is 0. The Hall–Kier alpha value is -1.08. The van der Waals surface area contributed by atoms with Crippen LogP contribution in [-0.4, -0.2) is 11.5 Å². The highest BCUT2D eigenvalue weighted by molar-refractivity contribution is 5.76. The summed E-state index contributed by atoms with van der Waals surface area (Å²) in [5.74, 6) is -0.414. The molecule has 0 aromatic carbocycles. The van der Waals surface area contributed by atoms with Crippen LogP contribution in [0.4, 0.5) is 0 Å². The first-order valence-electron chi connectivity index (χ1n) is 3.29. The van der Waals surface area contributed by atoms with Crippen LogP contribution in [0.2, 0.25) is 0 Å². The van der Waals surface area contributed by atoms with Crippen molar-refractivity contribution in [1.29, 1.82) is 5.26 Å². The molecule has 11 heavy (non-hydrogen) atoms. The maximum Gasteiger partial charge on any atom is 0.257 e. The second kappa shape index (κ2) is 3.94. The third kappa shape index (κ3) is 6.81. The molecule has 0 radical (unpaired) electrons. The van der Waals surface area contributed by atoms with Gasteiger partial charge in [0.1, 0.15) is 6.42 Å². The van der Waals surface area contributed by atoms with Gasteiger partial charge in [-0.2, -0.15) is 5.26 Å². The molecule has 4 heteroatoms. The smallest absolute Gasteiger partial charge is 0.257 e. The molecule has 1 amide bonds. The van der Waals surface area contributed by atoms with Crippen molar-refractivity contribution in [3.8, 4) is 6.07 Å². The predicted octanol–water partition coefficient (Wildman–Crippen LogP) is 0.746. The van der Waals surface area contributed by atoms with Gasteiger partial charge in [0.05, 0.1) is 11.7 Å². The number of carbonyl (C=O) groups excluding carboxylic acids is 1. The zero-order chi connectivity index (χ0) is 8.91. The van der Waals surface area contributed by atoms with Crippen LogP contribution in [0.3, 0.4) is 0 Å². The summed E-state index contributed by atoms with van der Waals surface area (Å²) in [6.45, 7) is 5.42. The summed E-state index contributed by atoms with van der Waals surface area (Å²) in [4.78, 5) is 15.5. The first-order valence-corrected chi connectivity index (χ1v) is 3.29. The summed E-state index contributed by atoms with van der Waals surface area (Å²) in [6.07, 6.45) is -0.171. The molecule has 0 fully saturated rings. The van der Waals surface area contributed by atoms with Crippen LogP contribution in [0, 0.1) is 11.3 Å². The second-order valence-corrected chi connectivity index (χ2v) is 3.07. The van der Waals surface area contributed by atoms with E-state index in [9.17, 15) is 4.79 Å². The van der Waals surface area contributed by atoms with E-state index in [0.717, 1.165) is 0 Å². The molecule has 0 saturated heterocycles. The summed E-state index contributed by atoms with van der Waals surface area (Å²) in [7, 11) is 0. The van der Waals surface area contributed by atoms with E-state index in [1.807, 2.05) is 0 Å². The van der Waals surface area contributed by atoms with E-state index in [0.29, 0.717) is 0 Å². The van der Waals surface area contributed by atoms with E-state index in [1.165, 1.54) is 0 Å². The Morgan fingerprint density at radius 1 is 1.64 bits per heavy atom. The van der Waals surface area contributed by atoms with Gasteiger partial charge in [0.2, 0.25) is 0 Å². The van der Waals surface area contributed by atoms with Crippen molar-refractivity contribution in [2.45, 2.75) is 32.8 Å². The third-order valence-electron chi connectivity index (χ3n) is 0.711. The standard InChI is InChI=1S/C7H12N2O2/c1-7(2,3)11-9-6(10)4-5-8/h4H2,1-3H3,(H,9,10). The molecule has 0 atom stereocenters. The van der Waals surface area contributed by atoms with Gasteiger partial charge in [0.25, 0.3) is 5.91 Å². The number of hydrogen-bond donors (Lipinski definition) is 1. The summed E-state index contributed by atoms with van der Waals surface area (Å²) in [5, 5.41) is 8.10. The fraction of sp³-hybridized carbons (Fsp3) is 0.714. The number of hydrogen-bond acceptors (Lipinski definition) is 3. The lowest BCUT2D eigenvalue weighted by Crippen LogP contribution is -2.33. The van der Waals surface area contributed by atoms with Gasteiger partial charge in [-0.1, -0.05) is 0 Å². The first kappa shape index (κ1) is 9.92. The minimum absolute atomic E-state index is 0.171. The van der Waals surface area contributed by atoms with Crippen LogP contribution < -0.4 is 5.48 Å². The molecule has 0 heterocycles. The zero-order valence-electron chi connectivity index (χ0n) is 6.97. The SMILES string of the molecule is CC(C)(C)ONC(=O)CC#N. The molecule has 1 N–H and O–H groups in total. The van der Waals surface area contributed by atoms with Crippen LogP contribution >= 0.6 is 0 Å². The zero-order valence-corrected chi connectivity index (χ0v) is 6.97. The molecule has 0 bridgehead atoms. The topological polar surface area (TPSA) is 62.1 Å². The van der Waals surface area contributed by atoms with Crippen LogP contribution in [0.1, 0.15) is 27.2 Å². The third-order valence-corrected chi connectivity index (χ3v) is 0.711. The highest BCUT2D eigenvalue weighted by Crippen LogP contribution is 2.03. The van der Waals surface area contributed by atoms with Crippen LogP contribution in [0.15, 0.2) is 0 Å². The van der Waals surface area contributed by atoms with Crippen molar-refractivity contribution in [1.82, 2.24) is 5.48 Å². The maximum atomic E-state index is 10.6. The largest absolute Gasteiger partial charge is 0.272 e. The average molecular weight is 156 g/mol. The number of carbonyl (C=O) groups is 1. The molecular formula is C7H12N2O2. The van der Waals surface area contributed by atoms with Gasteiger partial charge in [-0.25, -0.2) is 5.48 Å². The molecular weight excluding hydrogens is 144 g/mol. The molecule has 0 aromatic heterocycles. The van der Waals surface area contributed by atoms with E-state index < -0.39 is 11.5 Å². The Labute approximate surface area is 66.1 Å². The molecule has 0 aliphatic rings. The molecule has 0 aromatic rings. The number of nitrogens with one attached hydrogen (secondary N) is 1. The van der Waals surface area contributed by atoms with Gasteiger partial charge in [-0.15, -0.1) is 0 Å². The van der Waals surface area contributed by atoms with Crippen molar-refractivity contribution < 1.29 is 9.63 Å². The molecule has 0 unspecified atom stereocenters. The molecule has 0 rings (SSSR count). The minimum Gasteiger partial charge on any atom is -0.272 e. The molecule has 0 aliphatic heterocycles. The van der Waals surface area contributed by atoms with Crippen molar-refractivity contribution in [3.05, 3.63) is 0 Å². The van der Waals surface area contributed by atoms with Crippen molar-refractivity contribution >= 4 is 5.91 Å². The normalized spacial score (nSPS) is 10.4. The summed E-state index contributed by atoms with van der Waals surface area (Å²) in [6, 6.07) is 1.71. The Balaban J connectivity index is 3.57. The highest BCUT2D eigenvalue weighted by atomic mass is 16.7. The van der Waals surface area contributed by atoms with Gasteiger partial charge in [0, 0.05) is 0 Å². The number of rotatable bonds is 2. The monoisotopic (exact) mass is 156 g/mol. The van der Waals surface area contributed by atoms with Crippen LogP contribution in [0.25, 0.3) is 0 Å². The molecule has 62 valence electrons. The summed E-state index contributed by atoms with van der Waals surface area (Å²) in [5.41, 5.74) is 1.75. The van der Waals surface area contributed by atoms with E-state index in [4.69, 9.17) is 10.1 Å². The number of nitriles is 1. The maximum absolute atomic E-state index is 10.6. The van der Waals surface area contributed by atoms with Gasteiger partial charge < -0.3 is 0 Å². The second-order valence-electron chi connectivity index (χ2n) is 3.07. The molecule has 0 saturated carbocycles.